The summed E-state index contributed by atoms with van der Waals surface area (Å²) >= 11 is 6.01. The number of hydrogen-bond donors (Lipinski definition) is 1. The molecule has 1 heterocycles. The molecule has 0 atom stereocenters. The Morgan fingerprint density at radius 2 is 2.21 bits per heavy atom. The molecule has 14 heavy (non-hydrogen) atoms. The fraction of sp³-hybridized carbons (Fsp3) is 0.100. The van der Waals surface area contributed by atoms with Crippen molar-refractivity contribution in [3.63, 3.8) is 0 Å². The summed E-state index contributed by atoms with van der Waals surface area (Å²) in [6, 6.07) is 3.59. The van der Waals surface area contributed by atoms with Crippen LogP contribution in [0.25, 0.3) is 5.69 Å². The molecule has 1 aromatic carbocycles. The quantitative estimate of drug-likeness (QED) is 0.730. The molecule has 1 aromatic heterocycles. The van der Waals surface area contributed by atoms with Crippen LogP contribution in [0.5, 0.6) is 0 Å². The number of nitrogens with two attached hydrogens (primary N) is 1. The summed E-state index contributed by atoms with van der Waals surface area (Å²) < 4.78 is 1.86. The summed E-state index contributed by atoms with van der Waals surface area (Å²) in [5, 5.41) is 0.711. The summed E-state index contributed by atoms with van der Waals surface area (Å²) in [4.78, 5) is 3.97. The number of hydrogen-bond acceptors (Lipinski definition) is 2. The molecule has 72 valence electrons. The molecule has 0 radical (unpaired) electrons. The minimum Gasteiger partial charge on any atom is -0.397 e. The van der Waals surface area contributed by atoms with Gasteiger partial charge in [0.2, 0.25) is 0 Å². The minimum atomic E-state index is 0.699. The largest absolute Gasteiger partial charge is 0.397 e. The second-order valence-electron chi connectivity index (χ2n) is 3.08. The molecule has 0 amide bonds. The third-order valence-electron chi connectivity index (χ3n) is 2.16. The SMILES string of the molecule is Cc1c(Cl)ccc(N)c1-n1ccnc1. The maximum atomic E-state index is 6.01. The minimum absolute atomic E-state index is 0.699. The van der Waals surface area contributed by atoms with Crippen LogP contribution in [0.4, 0.5) is 5.69 Å². The molecule has 0 saturated heterocycles. The van der Waals surface area contributed by atoms with Crippen molar-refractivity contribution in [3.8, 4) is 5.69 Å². The summed E-state index contributed by atoms with van der Waals surface area (Å²) in [6.07, 6.45) is 5.25. The van der Waals surface area contributed by atoms with Crippen molar-refractivity contribution in [2.45, 2.75) is 6.92 Å². The van der Waals surface area contributed by atoms with E-state index in [0.29, 0.717) is 10.7 Å². The molecule has 0 saturated carbocycles. The first-order valence-corrected chi connectivity index (χ1v) is 4.61. The van der Waals surface area contributed by atoms with Crippen LogP contribution in [0, 0.1) is 6.92 Å². The van der Waals surface area contributed by atoms with Crippen molar-refractivity contribution >= 4 is 17.3 Å². The molecule has 0 spiro atoms. The number of anilines is 1. The van der Waals surface area contributed by atoms with E-state index in [1.807, 2.05) is 17.7 Å². The Hall–Kier alpha value is -1.48. The van der Waals surface area contributed by atoms with E-state index in [1.54, 1.807) is 24.7 Å². The van der Waals surface area contributed by atoms with Crippen molar-refractivity contribution in [2.24, 2.45) is 0 Å². The standard InChI is InChI=1S/C10H10ClN3/c1-7-8(11)2-3-9(12)10(7)14-5-4-13-6-14/h2-6H,12H2,1H3. The lowest BCUT2D eigenvalue weighted by Gasteiger charge is -2.11. The lowest BCUT2D eigenvalue weighted by molar-refractivity contribution is 1.04. The van der Waals surface area contributed by atoms with Crippen LogP contribution in [-0.4, -0.2) is 9.55 Å². The Morgan fingerprint density at radius 3 is 2.86 bits per heavy atom. The molecule has 0 aliphatic heterocycles. The lowest BCUT2D eigenvalue weighted by atomic mass is 10.1. The molecule has 0 aliphatic carbocycles. The molecule has 3 nitrogen and oxygen atoms in total. The topological polar surface area (TPSA) is 43.8 Å². The monoisotopic (exact) mass is 207 g/mol. The number of aromatic nitrogens is 2. The second-order valence-corrected chi connectivity index (χ2v) is 3.49. The first kappa shape index (κ1) is 9.09. The number of imidazole rings is 1. The van der Waals surface area contributed by atoms with E-state index >= 15 is 0 Å². The van der Waals surface area contributed by atoms with Crippen molar-refractivity contribution in [1.82, 2.24) is 9.55 Å². The summed E-state index contributed by atoms with van der Waals surface area (Å²) in [5.74, 6) is 0. The summed E-state index contributed by atoms with van der Waals surface area (Å²) in [6.45, 7) is 1.94. The van der Waals surface area contributed by atoms with Gasteiger partial charge in [0.05, 0.1) is 17.7 Å². The van der Waals surface area contributed by atoms with Crippen LogP contribution in [0.1, 0.15) is 5.56 Å². The van der Waals surface area contributed by atoms with Gasteiger partial charge in [-0.2, -0.15) is 0 Å². The van der Waals surface area contributed by atoms with Crippen LogP contribution in [0.2, 0.25) is 5.02 Å². The van der Waals surface area contributed by atoms with Crippen molar-refractivity contribution in [2.75, 3.05) is 5.73 Å². The zero-order valence-corrected chi connectivity index (χ0v) is 8.49. The van der Waals surface area contributed by atoms with Gasteiger partial charge in [-0.15, -0.1) is 0 Å². The first-order valence-electron chi connectivity index (χ1n) is 4.23. The first-order chi connectivity index (χ1) is 6.70. The predicted molar refractivity (Wildman–Crippen MR) is 57.7 cm³/mol. The Morgan fingerprint density at radius 1 is 1.43 bits per heavy atom. The number of nitrogens with zero attached hydrogens (tertiary/aromatic N) is 2. The van der Waals surface area contributed by atoms with E-state index in [1.165, 1.54) is 0 Å². The number of nitrogen functional groups attached to an aromatic ring is 1. The van der Waals surface area contributed by atoms with Crippen LogP contribution in [0.3, 0.4) is 0 Å². The molecule has 0 fully saturated rings. The third kappa shape index (κ3) is 1.36. The number of benzene rings is 1. The fourth-order valence-electron chi connectivity index (χ4n) is 1.43. The number of rotatable bonds is 1. The van der Waals surface area contributed by atoms with Gasteiger partial charge in [0.25, 0.3) is 0 Å². The molecule has 2 rings (SSSR count). The highest BCUT2D eigenvalue weighted by Gasteiger charge is 2.07. The number of halogens is 1. The van der Waals surface area contributed by atoms with Gasteiger partial charge in [0.1, 0.15) is 0 Å². The fourth-order valence-corrected chi connectivity index (χ4v) is 1.58. The molecule has 4 heteroatoms. The molecule has 2 N–H and O–H groups in total. The van der Waals surface area contributed by atoms with Gasteiger partial charge in [-0.1, -0.05) is 11.6 Å². The van der Waals surface area contributed by atoms with E-state index < -0.39 is 0 Å². The zero-order valence-electron chi connectivity index (χ0n) is 7.74. The zero-order chi connectivity index (χ0) is 10.1. The van der Waals surface area contributed by atoms with Crippen LogP contribution >= 0.6 is 11.6 Å². The average Bonchev–Trinajstić information content (AvgIpc) is 2.65. The Kier molecular flexibility index (Phi) is 2.17. The highest BCUT2D eigenvalue weighted by atomic mass is 35.5. The normalized spacial score (nSPS) is 10.4. The molecule has 0 aliphatic rings. The second kappa shape index (κ2) is 3.35. The van der Waals surface area contributed by atoms with E-state index in [9.17, 15) is 0 Å². The Bertz CT molecular complexity index is 449. The molecule has 0 bridgehead atoms. The van der Waals surface area contributed by atoms with E-state index in [4.69, 9.17) is 17.3 Å². The van der Waals surface area contributed by atoms with Crippen molar-refractivity contribution in [3.05, 3.63) is 41.4 Å². The van der Waals surface area contributed by atoms with Gasteiger partial charge in [0, 0.05) is 17.4 Å². The smallest absolute Gasteiger partial charge is 0.0992 e. The highest BCUT2D eigenvalue weighted by Crippen LogP contribution is 2.27. The van der Waals surface area contributed by atoms with Crippen molar-refractivity contribution < 1.29 is 0 Å². The van der Waals surface area contributed by atoms with E-state index in [0.717, 1.165) is 11.3 Å². The third-order valence-corrected chi connectivity index (χ3v) is 2.57. The highest BCUT2D eigenvalue weighted by molar-refractivity contribution is 6.31. The van der Waals surface area contributed by atoms with Gasteiger partial charge >= 0.3 is 0 Å². The van der Waals surface area contributed by atoms with E-state index in [2.05, 4.69) is 4.98 Å². The lowest BCUT2D eigenvalue weighted by Crippen LogP contribution is -2.00. The summed E-state index contributed by atoms with van der Waals surface area (Å²) in [7, 11) is 0. The Balaban J connectivity index is 2.69. The van der Waals surface area contributed by atoms with Gasteiger partial charge in [-0.25, -0.2) is 4.98 Å². The van der Waals surface area contributed by atoms with Gasteiger partial charge in [-0.05, 0) is 24.6 Å². The Labute approximate surface area is 87.1 Å². The van der Waals surface area contributed by atoms with Crippen LogP contribution in [-0.2, 0) is 0 Å². The van der Waals surface area contributed by atoms with E-state index in [-0.39, 0.29) is 0 Å². The summed E-state index contributed by atoms with van der Waals surface area (Å²) in [5.41, 5.74) is 8.43. The maximum Gasteiger partial charge on any atom is 0.0992 e. The molecule has 2 aromatic rings. The molecular formula is C10H10ClN3. The van der Waals surface area contributed by atoms with Crippen LogP contribution < -0.4 is 5.73 Å². The van der Waals surface area contributed by atoms with Gasteiger partial charge in [0.15, 0.2) is 0 Å². The molecule has 0 unspecified atom stereocenters. The van der Waals surface area contributed by atoms with Crippen LogP contribution in [0.15, 0.2) is 30.9 Å². The van der Waals surface area contributed by atoms with Gasteiger partial charge < -0.3 is 10.3 Å². The predicted octanol–water partition coefficient (Wildman–Crippen LogP) is 2.42. The van der Waals surface area contributed by atoms with Crippen molar-refractivity contribution in [1.29, 1.82) is 0 Å². The molecular weight excluding hydrogens is 198 g/mol. The average molecular weight is 208 g/mol. The van der Waals surface area contributed by atoms with Gasteiger partial charge in [-0.3, -0.25) is 0 Å². The maximum absolute atomic E-state index is 6.01.